The summed E-state index contributed by atoms with van der Waals surface area (Å²) in [4.78, 5) is 23.1. The SMILES string of the molecule is Cc1oc(CNC(=O)c2ccc(COC(C)C)cc2)cc1C(=O)O. The average Bonchev–Trinajstić information content (AvgIpc) is 2.92. The Morgan fingerprint density at radius 3 is 2.46 bits per heavy atom. The minimum atomic E-state index is -1.05. The van der Waals surface area contributed by atoms with E-state index in [-0.39, 0.29) is 24.1 Å². The third-order valence-electron chi connectivity index (χ3n) is 3.42. The molecule has 1 heterocycles. The first-order valence-electron chi connectivity index (χ1n) is 7.68. The fourth-order valence-electron chi connectivity index (χ4n) is 2.13. The van der Waals surface area contributed by atoms with Gasteiger partial charge in [-0.2, -0.15) is 0 Å². The van der Waals surface area contributed by atoms with Gasteiger partial charge in [0, 0.05) is 5.56 Å². The van der Waals surface area contributed by atoms with Gasteiger partial charge in [-0.05, 0) is 44.5 Å². The second kappa shape index (κ2) is 7.79. The van der Waals surface area contributed by atoms with E-state index in [2.05, 4.69) is 5.32 Å². The number of ether oxygens (including phenoxy) is 1. The summed E-state index contributed by atoms with van der Waals surface area (Å²) in [6.45, 7) is 6.14. The third kappa shape index (κ3) is 4.70. The highest BCUT2D eigenvalue weighted by Crippen LogP contribution is 2.14. The lowest BCUT2D eigenvalue weighted by molar-refractivity contribution is 0.0656. The van der Waals surface area contributed by atoms with Crippen molar-refractivity contribution in [2.45, 2.75) is 40.0 Å². The standard InChI is InChI=1S/C18H21NO5/c1-11(2)23-10-13-4-6-14(7-5-13)17(20)19-9-15-8-16(18(21)22)12(3)24-15/h4-8,11H,9-10H2,1-3H3,(H,19,20)(H,21,22). The highest BCUT2D eigenvalue weighted by Gasteiger charge is 2.14. The number of nitrogens with one attached hydrogen (secondary N) is 1. The van der Waals surface area contributed by atoms with Gasteiger partial charge in [0.1, 0.15) is 17.1 Å². The van der Waals surface area contributed by atoms with Crippen molar-refractivity contribution in [2.24, 2.45) is 0 Å². The molecule has 0 fully saturated rings. The van der Waals surface area contributed by atoms with Crippen LogP contribution in [0.3, 0.4) is 0 Å². The number of aryl methyl sites for hydroxylation is 1. The lowest BCUT2D eigenvalue weighted by Crippen LogP contribution is -2.22. The maximum atomic E-state index is 12.1. The number of aromatic carboxylic acids is 1. The number of furan rings is 1. The number of benzene rings is 1. The van der Waals surface area contributed by atoms with Gasteiger partial charge < -0.3 is 19.6 Å². The molecule has 0 spiro atoms. The van der Waals surface area contributed by atoms with Crippen LogP contribution in [0.25, 0.3) is 0 Å². The summed E-state index contributed by atoms with van der Waals surface area (Å²) in [7, 11) is 0. The molecule has 0 aliphatic heterocycles. The molecule has 0 unspecified atom stereocenters. The van der Waals surface area contributed by atoms with E-state index in [0.717, 1.165) is 5.56 Å². The molecule has 24 heavy (non-hydrogen) atoms. The summed E-state index contributed by atoms with van der Waals surface area (Å²) < 4.78 is 10.8. The Balaban J connectivity index is 1.92. The lowest BCUT2D eigenvalue weighted by atomic mass is 10.1. The summed E-state index contributed by atoms with van der Waals surface area (Å²) in [5, 5.41) is 11.7. The fourth-order valence-corrected chi connectivity index (χ4v) is 2.13. The molecule has 1 aromatic carbocycles. The third-order valence-corrected chi connectivity index (χ3v) is 3.42. The molecule has 0 aliphatic rings. The molecule has 1 aromatic heterocycles. The van der Waals surface area contributed by atoms with Crippen LogP contribution in [0.15, 0.2) is 34.7 Å². The molecule has 128 valence electrons. The van der Waals surface area contributed by atoms with Gasteiger partial charge in [0.15, 0.2) is 0 Å². The van der Waals surface area contributed by atoms with E-state index in [1.165, 1.54) is 6.07 Å². The average molecular weight is 331 g/mol. The van der Waals surface area contributed by atoms with Crippen molar-refractivity contribution in [3.8, 4) is 0 Å². The molecule has 0 radical (unpaired) electrons. The van der Waals surface area contributed by atoms with E-state index in [0.29, 0.717) is 23.7 Å². The minimum Gasteiger partial charge on any atom is -0.478 e. The van der Waals surface area contributed by atoms with E-state index < -0.39 is 5.97 Å². The van der Waals surface area contributed by atoms with Crippen molar-refractivity contribution in [1.29, 1.82) is 0 Å². The smallest absolute Gasteiger partial charge is 0.339 e. The van der Waals surface area contributed by atoms with E-state index >= 15 is 0 Å². The molecule has 0 saturated heterocycles. The summed E-state index contributed by atoms with van der Waals surface area (Å²) in [5.74, 6) is -0.577. The van der Waals surface area contributed by atoms with Crippen LogP contribution >= 0.6 is 0 Å². The largest absolute Gasteiger partial charge is 0.478 e. The van der Waals surface area contributed by atoms with Crippen LogP contribution in [-0.4, -0.2) is 23.1 Å². The van der Waals surface area contributed by atoms with Crippen molar-refractivity contribution in [1.82, 2.24) is 5.32 Å². The number of hydrogen-bond acceptors (Lipinski definition) is 4. The molecule has 0 saturated carbocycles. The Kier molecular flexibility index (Phi) is 5.76. The second-order valence-corrected chi connectivity index (χ2v) is 5.73. The maximum absolute atomic E-state index is 12.1. The Bertz CT molecular complexity index is 716. The van der Waals surface area contributed by atoms with Gasteiger partial charge >= 0.3 is 5.97 Å². The number of rotatable bonds is 7. The molecule has 6 nitrogen and oxygen atoms in total. The van der Waals surface area contributed by atoms with Crippen LogP contribution in [0.2, 0.25) is 0 Å². The van der Waals surface area contributed by atoms with Crippen LogP contribution in [-0.2, 0) is 17.9 Å². The molecule has 6 heteroatoms. The van der Waals surface area contributed by atoms with Crippen molar-refractivity contribution < 1.29 is 23.8 Å². The van der Waals surface area contributed by atoms with E-state index in [1.54, 1.807) is 19.1 Å². The molecule has 0 bridgehead atoms. The number of carbonyl (C=O) groups is 2. The van der Waals surface area contributed by atoms with Crippen LogP contribution in [0, 0.1) is 6.92 Å². The van der Waals surface area contributed by atoms with Crippen LogP contribution < -0.4 is 5.32 Å². The van der Waals surface area contributed by atoms with Crippen LogP contribution in [0.1, 0.15) is 51.6 Å². The summed E-state index contributed by atoms with van der Waals surface area (Å²) >= 11 is 0. The first kappa shape index (κ1) is 17.7. The lowest BCUT2D eigenvalue weighted by Gasteiger charge is -2.08. The monoisotopic (exact) mass is 331 g/mol. The van der Waals surface area contributed by atoms with Gasteiger partial charge in [0.05, 0.1) is 19.3 Å². The minimum absolute atomic E-state index is 0.105. The molecular weight excluding hydrogens is 310 g/mol. The van der Waals surface area contributed by atoms with Crippen LogP contribution in [0.5, 0.6) is 0 Å². The Labute approximate surface area is 140 Å². The molecule has 2 rings (SSSR count). The number of amides is 1. The van der Waals surface area contributed by atoms with Gasteiger partial charge in [-0.1, -0.05) is 12.1 Å². The van der Waals surface area contributed by atoms with Gasteiger partial charge in [-0.25, -0.2) is 4.79 Å². The van der Waals surface area contributed by atoms with E-state index in [4.69, 9.17) is 14.3 Å². The van der Waals surface area contributed by atoms with E-state index in [9.17, 15) is 9.59 Å². The summed E-state index contributed by atoms with van der Waals surface area (Å²) in [5.41, 5.74) is 1.62. The highest BCUT2D eigenvalue weighted by atomic mass is 16.5. The zero-order valence-electron chi connectivity index (χ0n) is 14.0. The second-order valence-electron chi connectivity index (χ2n) is 5.73. The zero-order valence-corrected chi connectivity index (χ0v) is 14.0. The van der Waals surface area contributed by atoms with Crippen molar-refractivity contribution >= 4 is 11.9 Å². The van der Waals surface area contributed by atoms with Crippen molar-refractivity contribution in [3.63, 3.8) is 0 Å². The molecule has 0 atom stereocenters. The fraction of sp³-hybridized carbons (Fsp3) is 0.333. The highest BCUT2D eigenvalue weighted by molar-refractivity contribution is 5.94. The molecule has 0 aliphatic carbocycles. The number of hydrogen-bond donors (Lipinski definition) is 2. The predicted octanol–water partition coefficient (Wildman–Crippen LogP) is 3.14. The summed E-state index contributed by atoms with van der Waals surface area (Å²) in [6, 6.07) is 8.56. The van der Waals surface area contributed by atoms with E-state index in [1.807, 2.05) is 26.0 Å². The van der Waals surface area contributed by atoms with Gasteiger partial charge in [-0.15, -0.1) is 0 Å². The number of carbonyl (C=O) groups excluding carboxylic acids is 1. The topological polar surface area (TPSA) is 88.8 Å². The number of carboxylic acids is 1. The van der Waals surface area contributed by atoms with Crippen molar-refractivity contribution in [3.05, 3.63) is 58.5 Å². The van der Waals surface area contributed by atoms with Crippen LogP contribution in [0.4, 0.5) is 0 Å². The Morgan fingerprint density at radius 2 is 1.92 bits per heavy atom. The van der Waals surface area contributed by atoms with Crippen molar-refractivity contribution in [2.75, 3.05) is 0 Å². The Morgan fingerprint density at radius 1 is 1.25 bits per heavy atom. The maximum Gasteiger partial charge on any atom is 0.339 e. The molecule has 2 N–H and O–H groups in total. The molecule has 1 amide bonds. The first-order chi connectivity index (χ1) is 11.4. The normalized spacial score (nSPS) is 10.8. The van der Waals surface area contributed by atoms with Gasteiger partial charge in [0.2, 0.25) is 0 Å². The Hall–Kier alpha value is -2.60. The molecule has 2 aromatic rings. The zero-order chi connectivity index (χ0) is 17.7. The summed E-state index contributed by atoms with van der Waals surface area (Å²) in [6.07, 6.45) is 0.153. The first-order valence-corrected chi connectivity index (χ1v) is 7.68. The van der Waals surface area contributed by atoms with Gasteiger partial charge in [-0.3, -0.25) is 4.79 Å². The molecular formula is C18H21NO5. The number of carboxylic acid groups (broad SMARTS) is 1. The quantitative estimate of drug-likeness (QED) is 0.813. The van der Waals surface area contributed by atoms with Gasteiger partial charge in [0.25, 0.3) is 5.91 Å². The predicted molar refractivity (Wildman–Crippen MR) is 87.9 cm³/mol.